The molecule has 0 amide bonds. The summed E-state index contributed by atoms with van der Waals surface area (Å²) in [6.45, 7) is 10.1. The van der Waals surface area contributed by atoms with Crippen molar-refractivity contribution in [3.63, 3.8) is 0 Å². The first-order valence-electron chi connectivity index (χ1n) is 19.5. The summed E-state index contributed by atoms with van der Waals surface area (Å²) in [7, 11) is 0. The summed E-state index contributed by atoms with van der Waals surface area (Å²) >= 11 is 0. The molecule has 0 aromatic heterocycles. The van der Waals surface area contributed by atoms with Crippen LogP contribution in [0.4, 0.5) is 0 Å². The van der Waals surface area contributed by atoms with Gasteiger partial charge in [-0.3, -0.25) is 4.79 Å². The molecular formula is C42H68O5. The van der Waals surface area contributed by atoms with Gasteiger partial charge in [0.15, 0.2) is 0 Å². The van der Waals surface area contributed by atoms with Crippen molar-refractivity contribution in [2.75, 3.05) is 19.8 Å². The Balaban J connectivity index is 1.35. The van der Waals surface area contributed by atoms with Crippen LogP contribution in [0.15, 0.2) is 36.4 Å². The molecule has 1 N–H and O–H groups in total. The van der Waals surface area contributed by atoms with Gasteiger partial charge >= 0.3 is 11.9 Å². The highest BCUT2D eigenvalue weighted by Gasteiger charge is 2.25. The summed E-state index contributed by atoms with van der Waals surface area (Å²) in [6, 6.07) is 9.40. The van der Waals surface area contributed by atoms with Gasteiger partial charge in [0.1, 0.15) is 0 Å². The highest BCUT2D eigenvalue weighted by atomic mass is 16.5. The van der Waals surface area contributed by atoms with Crippen molar-refractivity contribution in [3.05, 3.63) is 47.5 Å². The van der Waals surface area contributed by atoms with Gasteiger partial charge in [-0.05, 0) is 112 Å². The minimum Gasteiger partial charge on any atom is -0.465 e. The van der Waals surface area contributed by atoms with E-state index in [4.69, 9.17) is 9.47 Å². The molecule has 0 aliphatic heterocycles. The molecule has 0 heterocycles. The maximum absolute atomic E-state index is 12.0. The van der Waals surface area contributed by atoms with Crippen molar-refractivity contribution in [2.45, 2.75) is 155 Å². The number of carbonyl (C=O) groups is 2. The Morgan fingerprint density at radius 1 is 0.787 bits per heavy atom. The van der Waals surface area contributed by atoms with Crippen LogP contribution in [0.5, 0.6) is 0 Å². The van der Waals surface area contributed by atoms with E-state index in [9.17, 15) is 14.7 Å². The molecule has 2 saturated carbocycles. The number of rotatable bonds is 22. The molecule has 47 heavy (non-hydrogen) atoms. The Morgan fingerprint density at radius 3 is 1.94 bits per heavy atom. The Bertz CT molecular complexity index is 1020. The number of aliphatic hydroxyl groups is 1. The summed E-state index contributed by atoms with van der Waals surface area (Å²) in [5.74, 6) is 2.77. The second-order valence-electron chi connectivity index (χ2n) is 15.1. The summed E-state index contributed by atoms with van der Waals surface area (Å²) in [6.07, 6.45) is 25.1. The van der Waals surface area contributed by atoms with Crippen molar-refractivity contribution in [3.8, 4) is 0 Å². The second-order valence-corrected chi connectivity index (χ2v) is 15.1. The number of esters is 2. The maximum atomic E-state index is 12.0. The molecule has 2 aliphatic rings. The fraction of sp³-hybridized carbons (Fsp3) is 0.762. The number of hydrogen-bond donors (Lipinski definition) is 1. The molecule has 1 aromatic rings. The summed E-state index contributed by atoms with van der Waals surface area (Å²) in [5.41, 5.74) is 3.38. The minimum absolute atomic E-state index is 0.209. The number of carbonyl (C=O) groups excluding carboxylic acids is 2. The lowest BCUT2D eigenvalue weighted by Crippen LogP contribution is -2.20. The summed E-state index contributed by atoms with van der Waals surface area (Å²) in [5, 5.41) is 9.21. The zero-order chi connectivity index (χ0) is 33.9. The van der Waals surface area contributed by atoms with Gasteiger partial charge in [-0.2, -0.15) is 0 Å². The van der Waals surface area contributed by atoms with Crippen LogP contribution in [0.1, 0.15) is 160 Å². The normalized spacial score (nSPS) is 22.7. The third-order valence-electron chi connectivity index (χ3n) is 11.5. The van der Waals surface area contributed by atoms with Gasteiger partial charge < -0.3 is 14.6 Å². The van der Waals surface area contributed by atoms with Gasteiger partial charge in [0.05, 0.1) is 25.7 Å². The van der Waals surface area contributed by atoms with Crippen LogP contribution in [0, 0.1) is 29.6 Å². The molecule has 0 saturated heterocycles. The molecule has 2 unspecified atom stereocenters. The van der Waals surface area contributed by atoms with Gasteiger partial charge in [-0.1, -0.05) is 109 Å². The Labute approximate surface area is 287 Å². The number of unbranched alkanes of at least 4 members (excludes halogenated alkanes) is 2. The molecular weight excluding hydrogens is 584 g/mol. The van der Waals surface area contributed by atoms with Crippen LogP contribution in [0.25, 0.3) is 0 Å². The molecule has 1 aromatic carbocycles. The first kappa shape index (κ1) is 39.3. The largest absolute Gasteiger partial charge is 0.465 e. The molecule has 3 rings (SSSR count). The SMILES string of the molecule is C=C(CC)C(=O)OCCC(CCCc1ccc(C2CCC(CCC3CCC(CCCCC)CC3)CC2)cc1)CCOC(=O)C(C)CO. The van der Waals surface area contributed by atoms with Crippen molar-refractivity contribution in [1.29, 1.82) is 0 Å². The summed E-state index contributed by atoms with van der Waals surface area (Å²) in [4.78, 5) is 24.0. The van der Waals surface area contributed by atoms with Crippen LogP contribution in [-0.2, 0) is 25.5 Å². The lowest BCUT2D eigenvalue weighted by molar-refractivity contribution is -0.149. The number of ether oxygens (including phenoxy) is 2. The fourth-order valence-electron chi connectivity index (χ4n) is 7.84. The van der Waals surface area contributed by atoms with Gasteiger partial charge in [0.25, 0.3) is 0 Å². The zero-order valence-corrected chi connectivity index (χ0v) is 30.3. The van der Waals surface area contributed by atoms with E-state index < -0.39 is 5.92 Å². The lowest BCUT2D eigenvalue weighted by atomic mass is 9.74. The zero-order valence-electron chi connectivity index (χ0n) is 30.3. The van der Waals surface area contributed by atoms with Crippen molar-refractivity contribution >= 4 is 11.9 Å². The average molecular weight is 653 g/mol. The Hall–Kier alpha value is -2.14. The predicted octanol–water partition coefficient (Wildman–Crippen LogP) is 10.5. The molecule has 2 aliphatic carbocycles. The van der Waals surface area contributed by atoms with E-state index in [1.807, 2.05) is 6.92 Å². The van der Waals surface area contributed by atoms with Crippen molar-refractivity contribution in [2.24, 2.45) is 29.6 Å². The molecule has 5 heteroatoms. The van der Waals surface area contributed by atoms with Crippen LogP contribution in [-0.4, -0.2) is 36.9 Å². The van der Waals surface area contributed by atoms with Crippen LogP contribution in [0.3, 0.4) is 0 Å². The van der Waals surface area contributed by atoms with Gasteiger partial charge in [0, 0.05) is 5.57 Å². The van der Waals surface area contributed by atoms with Crippen LogP contribution < -0.4 is 0 Å². The molecule has 0 bridgehead atoms. The molecule has 0 radical (unpaired) electrons. The maximum Gasteiger partial charge on any atom is 0.333 e. The lowest BCUT2D eigenvalue weighted by Gasteiger charge is -2.32. The van der Waals surface area contributed by atoms with E-state index in [2.05, 4.69) is 37.8 Å². The third-order valence-corrected chi connectivity index (χ3v) is 11.5. The van der Waals surface area contributed by atoms with E-state index in [0.29, 0.717) is 31.1 Å². The third kappa shape index (κ3) is 14.9. The van der Waals surface area contributed by atoms with Crippen molar-refractivity contribution in [1.82, 2.24) is 0 Å². The Morgan fingerprint density at radius 2 is 1.36 bits per heavy atom. The fourth-order valence-corrected chi connectivity index (χ4v) is 7.84. The number of hydrogen-bond acceptors (Lipinski definition) is 5. The van der Waals surface area contributed by atoms with Gasteiger partial charge in [0.2, 0.25) is 0 Å². The predicted molar refractivity (Wildman–Crippen MR) is 193 cm³/mol. The molecule has 266 valence electrons. The first-order chi connectivity index (χ1) is 22.8. The van der Waals surface area contributed by atoms with Crippen molar-refractivity contribution < 1.29 is 24.2 Å². The van der Waals surface area contributed by atoms with E-state index >= 15 is 0 Å². The number of aliphatic hydroxyl groups excluding tert-OH is 1. The quantitative estimate of drug-likeness (QED) is 0.0766. The van der Waals surface area contributed by atoms with Gasteiger partial charge in [-0.15, -0.1) is 0 Å². The monoisotopic (exact) mass is 653 g/mol. The molecule has 5 nitrogen and oxygen atoms in total. The second kappa shape index (κ2) is 22.5. The number of aryl methyl sites for hydroxylation is 1. The van der Waals surface area contributed by atoms with E-state index in [1.165, 1.54) is 101 Å². The average Bonchev–Trinajstić information content (AvgIpc) is 3.10. The molecule has 2 fully saturated rings. The molecule has 0 spiro atoms. The first-order valence-corrected chi connectivity index (χ1v) is 19.5. The number of benzene rings is 1. The minimum atomic E-state index is -0.507. The topological polar surface area (TPSA) is 72.8 Å². The van der Waals surface area contributed by atoms with E-state index in [1.54, 1.807) is 6.92 Å². The Kier molecular flexibility index (Phi) is 18.8. The van der Waals surface area contributed by atoms with Gasteiger partial charge in [-0.25, -0.2) is 4.79 Å². The standard InChI is InChI=1S/C42H68O5/c1-5-7-8-10-34-13-15-37(16-14-34)17-18-38-21-25-40(26-22-38)39-23-19-35(20-24-39)11-9-12-36(27-29-46-41(44)32(3)6-2)28-30-47-42(45)33(4)31-43/h19-20,23-24,33-34,36-38,40,43H,3,5-18,21-22,25-31H2,1-2,4H3. The highest BCUT2D eigenvalue weighted by Crippen LogP contribution is 2.40. The smallest absolute Gasteiger partial charge is 0.333 e. The summed E-state index contributed by atoms with van der Waals surface area (Å²) < 4.78 is 10.8. The highest BCUT2D eigenvalue weighted by molar-refractivity contribution is 5.87. The van der Waals surface area contributed by atoms with E-state index in [0.717, 1.165) is 49.9 Å². The molecule has 2 atom stereocenters. The van der Waals surface area contributed by atoms with Crippen LogP contribution in [0.2, 0.25) is 0 Å². The van der Waals surface area contributed by atoms with Crippen LogP contribution >= 0.6 is 0 Å². The van der Waals surface area contributed by atoms with E-state index in [-0.39, 0.29) is 24.5 Å².